The smallest absolute Gasteiger partial charge is 0.318 e. The predicted molar refractivity (Wildman–Crippen MR) is 68.5 cm³/mol. The Labute approximate surface area is 108 Å². The summed E-state index contributed by atoms with van der Waals surface area (Å²) in [7, 11) is 1.69. The number of methoxy groups -OCH3 is 1. The first-order valence-corrected chi connectivity index (χ1v) is 6.63. The third-order valence-electron chi connectivity index (χ3n) is 3.31. The van der Waals surface area contributed by atoms with Gasteiger partial charge in [0.1, 0.15) is 0 Å². The van der Waals surface area contributed by atoms with Crippen LogP contribution < -0.4 is 10.2 Å². The Morgan fingerprint density at radius 3 is 3.17 bits per heavy atom. The van der Waals surface area contributed by atoms with Gasteiger partial charge in [-0.15, -0.1) is 5.10 Å². The molecule has 0 aromatic carbocycles. The van der Waals surface area contributed by atoms with Crippen LogP contribution in [0.25, 0.3) is 0 Å². The average molecular weight is 254 g/mol. The lowest BCUT2D eigenvalue weighted by Crippen LogP contribution is -2.28. The molecule has 0 radical (unpaired) electrons. The lowest BCUT2D eigenvalue weighted by Gasteiger charge is -2.20. The second-order valence-corrected chi connectivity index (χ2v) is 4.55. The molecule has 1 unspecified atom stereocenters. The first kappa shape index (κ1) is 13.3. The largest absolute Gasteiger partial charge is 0.407 e. The van der Waals surface area contributed by atoms with Gasteiger partial charge in [-0.25, -0.2) is 0 Å². The zero-order valence-corrected chi connectivity index (χ0v) is 11.2. The van der Waals surface area contributed by atoms with Crippen LogP contribution in [0.4, 0.5) is 6.01 Å². The van der Waals surface area contributed by atoms with Crippen molar-refractivity contribution in [1.82, 2.24) is 15.5 Å². The monoisotopic (exact) mass is 254 g/mol. The normalized spacial score (nSPS) is 19.7. The standard InChI is InChI=1S/C12H22N4O2/c1-3-10-5-4-7-16(10)12-15-14-11(18-12)9-13-6-8-17-2/h10,13H,3-9H2,1-2H3. The molecule has 1 aromatic rings. The van der Waals surface area contributed by atoms with Crippen molar-refractivity contribution in [2.45, 2.75) is 38.8 Å². The van der Waals surface area contributed by atoms with Crippen LogP contribution in [0.1, 0.15) is 32.1 Å². The van der Waals surface area contributed by atoms with Gasteiger partial charge >= 0.3 is 6.01 Å². The van der Waals surface area contributed by atoms with Crippen LogP contribution in [0, 0.1) is 0 Å². The lowest BCUT2D eigenvalue weighted by atomic mass is 10.2. The summed E-state index contributed by atoms with van der Waals surface area (Å²) in [6, 6.07) is 1.22. The summed E-state index contributed by atoms with van der Waals surface area (Å²) in [5.41, 5.74) is 0. The molecule has 1 N–H and O–H groups in total. The maximum Gasteiger partial charge on any atom is 0.318 e. The highest BCUT2D eigenvalue weighted by Crippen LogP contribution is 2.25. The minimum Gasteiger partial charge on any atom is -0.407 e. The molecule has 1 aliphatic rings. The maximum absolute atomic E-state index is 5.68. The van der Waals surface area contributed by atoms with Gasteiger partial charge < -0.3 is 19.4 Å². The molecule has 1 atom stereocenters. The summed E-state index contributed by atoms with van der Waals surface area (Å²) < 4.78 is 10.6. The lowest BCUT2D eigenvalue weighted by molar-refractivity contribution is 0.198. The van der Waals surface area contributed by atoms with Gasteiger partial charge in [-0.1, -0.05) is 12.0 Å². The number of nitrogens with one attached hydrogen (secondary N) is 1. The van der Waals surface area contributed by atoms with Crippen molar-refractivity contribution in [3.8, 4) is 0 Å². The van der Waals surface area contributed by atoms with Crippen LogP contribution in [-0.2, 0) is 11.3 Å². The fourth-order valence-corrected chi connectivity index (χ4v) is 2.31. The predicted octanol–water partition coefficient (Wildman–Crippen LogP) is 1.18. The van der Waals surface area contributed by atoms with Crippen LogP contribution in [-0.4, -0.2) is 43.0 Å². The molecule has 0 spiro atoms. The van der Waals surface area contributed by atoms with Gasteiger partial charge in [0.2, 0.25) is 5.89 Å². The molecular weight excluding hydrogens is 232 g/mol. The highest BCUT2D eigenvalue weighted by atomic mass is 16.5. The minimum absolute atomic E-state index is 0.555. The van der Waals surface area contributed by atoms with Crippen LogP contribution >= 0.6 is 0 Å². The van der Waals surface area contributed by atoms with E-state index in [1.54, 1.807) is 7.11 Å². The van der Waals surface area contributed by atoms with Gasteiger partial charge in [-0.05, 0) is 19.3 Å². The topological polar surface area (TPSA) is 63.4 Å². The molecule has 1 aliphatic heterocycles. The quantitative estimate of drug-likeness (QED) is 0.737. The van der Waals surface area contributed by atoms with Gasteiger partial charge in [0.05, 0.1) is 13.2 Å². The second kappa shape index (κ2) is 6.70. The van der Waals surface area contributed by atoms with E-state index in [2.05, 4.69) is 27.3 Å². The SMILES string of the molecule is CCC1CCCN1c1nnc(CNCCOC)o1. The third kappa shape index (κ3) is 3.20. The molecule has 0 amide bonds. The molecule has 2 heterocycles. The van der Waals surface area contributed by atoms with Gasteiger partial charge in [0.25, 0.3) is 0 Å². The maximum atomic E-state index is 5.68. The van der Waals surface area contributed by atoms with Gasteiger partial charge in [0.15, 0.2) is 0 Å². The number of anilines is 1. The summed E-state index contributed by atoms with van der Waals surface area (Å²) in [4.78, 5) is 2.23. The van der Waals surface area contributed by atoms with Crippen LogP contribution in [0.3, 0.4) is 0 Å². The first-order valence-electron chi connectivity index (χ1n) is 6.63. The number of aromatic nitrogens is 2. The molecule has 1 aromatic heterocycles. The summed E-state index contributed by atoms with van der Waals surface area (Å²) in [6.45, 7) is 5.30. The van der Waals surface area contributed by atoms with E-state index in [-0.39, 0.29) is 0 Å². The second-order valence-electron chi connectivity index (χ2n) is 4.55. The fourth-order valence-electron chi connectivity index (χ4n) is 2.31. The van der Waals surface area contributed by atoms with Gasteiger partial charge in [-0.2, -0.15) is 0 Å². The fraction of sp³-hybridized carbons (Fsp3) is 0.833. The number of rotatable bonds is 7. The Morgan fingerprint density at radius 2 is 2.39 bits per heavy atom. The third-order valence-corrected chi connectivity index (χ3v) is 3.31. The molecule has 0 saturated carbocycles. The Hall–Kier alpha value is -1.14. The average Bonchev–Trinajstić information content (AvgIpc) is 3.02. The number of hydrogen-bond acceptors (Lipinski definition) is 6. The molecule has 0 aliphatic carbocycles. The molecule has 1 fully saturated rings. The zero-order chi connectivity index (χ0) is 12.8. The Kier molecular flexibility index (Phi) is 4.95. The first-order chi connectivity index (χ1) is 8.85. The molecule has 1 saturated heterocycles. The van der Waals surface area contributed by atoms with E-state index in [0.29, 0.717) is 31.1 Å². The van der Waals surface area contributed by atoms with E-state index in [1.807, 2.05) is 0 Å². The summed E-state index contributed by atoms with van der Waals surface area (Å²) >= 11 is 0. The zero-order valence-electron chi connectivity index (χ0n) is 11.2. The Morgan fingerprint density at radius 1 is 1.50 bits per heavy atom. The van der Waals surface area contributed by atoms with Crippen molar-refractivity contribution in [3.63, 3.8) is 0 Å². The molecular formula is C12H22N4O2. The van der Waals surface area contributed by atoms with Gasteiger partial charge in [-0.3, -0.25) is 0 Å². The van der Waals surface area contributed by atoms with E-state index in [0.717, 1.165) is 19.5 Å². The van der Waals surface area contributed by atoms with Crippen molar-refractivity contribution >= 4 is 6.01 Å². The number of hydrogen-bond donors (Lipinski definition) is 1. The molecule has 0 bridgehead atoms. The molecule has 102 valence electrons. The van der Waals surface area contributed by atoms with E-state index >= 15 is 0 Å². The van der Waals surface area contributed by atoms with Crippen molar-refractivity contribution < 1.29 is 9.15 Å². The van der Waals surface area contributed by atoms with Crippen LogP contribution in [0.5, 0.6) is 0 Å². The highest BCUT2D eigenvalue weighted by molar-refractivity contribution is 5.28. The molecule has 2 rings (SSSR count). The number of ether oxygens (including phenoxy) is 1. The minimum atomic E-state index is 0.555. The van der Waals surface area contributed by atoms with Crippen LogP contribution in [0.15, 0.2) is 4.42 Å². The van der Waals surface area contributed by atoms with Crippen molar-refractivity contribution in [2.24, 2.45) is 0 Å². The molecule has 6 nitrogen and oxygen atoms in total. The highest BCUT2D eigenvalue weighted by Gasteiger charge is 2.27. The Bertz CT molecular complexity index is 356. The van der Waals surface area contributed by atoms with E-state index in [9.17, 15) is 0 Å². The van der Waals surface area contributed by atoms with Crippen molar-refractivity contribution in [1.29, 1.82) is 0 Å². The summed E-state index contributed by atoms with van der Waals surface area (Å²) in [6.07, 6.45) is 3.56. The van der Waals surface area contributed by atoms with E-state index in [1.165, 1.54) is 12.8 Å². The van der Waals surface area contributed by atoms with Gasteiger partial charge in [0, 0.05) is 26.2 Å². The summed E-state index contributed by atoms with van der Waals surface area (Å²) in [5.74, 6) is 0.642. The van der Waals surface area contributed by atoms with Crippen molar-refractivity contribution in [3.05, 3.63) is 5.89 Å². The van der Waals surface area contributed by atoms with Crippen LogP contribution in [0.2, 0.25) is 0 Å². The van der Waals surface area contributed by atoms with E-state index in [4.69, 9.17) is 9.15 Å². The van der Waals surface area contributed by atoms with Crippen molar-refractivity contribution in [2.75, 3.05) is 31.7 Å². The Balaban J connectivity index is 1.85. The molecule has 6 heteroatoms. The van der Waals surface area contributed by atoms with E-state index < -0.39 is 0 Å². The number of nitrogens with zero attached hydrogens (tertiary/aromatic N) is 3. The molecule has 18 heavy (non-hydrogen) atoms. The summed E-state index contributed by atoms with van der Waals surface area (Å²) in [5, 5.41) is 11.4.